The quantitative estimate of drug-likeness (QED) is 0.344. The molecule has 1 N–H and O–H groups in total. The number of benzene rings is 2. The fourth-order valence-corrected chi connectivity index (χ4v) is 4.68. The molecule has 0 saturated heterocycles. The summed E-state index contributed by atoms with van der Waals surface area (Å²) in [6.07, 6.45) is 0. The number of carboxylic acids is 1. The van der Waals surface area contributed by atoms with Crippen LogP contribution in [0.1, 0.15) is 20.2 Å². The van der Waals surface area contributed by atoms with Gasteiger partial charge < -0.3 is 24.1 Å². The summed E-state index contributed by atoms with van der Waals surface area (Å²) < 4.78 is 24.1. The molecule has 4 rings (SSSR count). The summed E-state index contributed by atoms with van der Waals surface area (Å²) in [6, 6.07) is 20.2. The van der Waals surface area contributed by atoms with Gasteiger partial charge in [-0.1, -0.05) is 0 Å². The Labute approximate surface area is 200 Å². The van der Waals surface area contributed by atoms with Crippen LogP contribution in [-0.4, -0.2) is 49.3 Å². The highest BCUT2D eigenvalue weighted by Crippen LogP contribution is 2.40. The van der Waals surface area contributed by atoms with Crippen molar-refractivity contribution in [1.29, 1.82) is 0 Å². The van der Waals surface area contributed by atoms with Crippen LogP contribution < -0.4 is 9.47 Å². The van der Waals surface area contributed by atoms with Crippen molar-refractivity contribution >= 4 is 17.3 Å². The van der Waals surface area contributed by atoms with Gasteiger partial charge in [0.05, 0.1) is 30.5 Å². The summed E-state index contributed by atoms with van der Waals surface area (Å²) >= 11 is 1.08. The molecule has 0 spiro atoms. The van der Waals surface area contributed by atoms with Crippen LogP contribution in [0.25, 0.3) is 16.9 Å². The smallest absolute Gasteiger partial charge is 0.345 e. The first-order chi connectivity index (χ1) is 16.4. The monoisotopic (exact) mass is 480 g/mol. The second-order valence-corrected chi connectivity index (χ2v) is 8.33. The molecule has 0 unspecified atom stereocenters. The van der Waals surface area contributed by atoms with Crippen molar-refractivity contribution in [2.24, 2.45) is 0 Å². The van der Waals surface area contributed by atoms with Gasteiger partial charge in [-0.3, -0.25) is 0 Å². The molecular weight excluding hydrogens is 456 g/mol. The Morgan fingerprint density at radius 1 is 0.882 bits per heavy atom. The predicted octanol–water partition coefficient (Wildman–Crippen LogP) is 4.81. The minimum atomic E-state index is -1.39. The second-order valence-electron chi connectivity index (χ2n) is 7.25. The van der Waals surface area contributed by atoms with Gasteiger partial charge in [0.2, 0.25) is 0 Å². The number of methoxy groups -OCH3 is 4. The zero-order valence-corrected chi connectivity index (χ0v) is 20.0. The van der Waals surface area contributed by atoms with Crippen LogP contribution in [0.4, 0.5) is 0 Å². The van der Waals surface area contributed by atoms with Crippen molar-refractivity contribution < 1.29 is 28.8 Å². The molecule has 4 aromatic rings. The molecule has 0 amide bonds. The lowest BCUT2D eigenvalue weighted by atomic mass is 10.1. The maximum Gasteiger partial charge on any atom is 0.345 e. The number of rotatable bonds is 9. The van der Waals surface area contributed by atoms with Crippen LogP contribution >= 0.6 is 11.3 Å². The molecule has 176 valence electrons. The van der Waals surface area contributed by atoms with Crippen molar-refractivity contribution in [1.82, 2.24) is 9.78 Å². The number of nitrogens with zero attached hydrogens (tertiary/aromatic N) is 2. The van der Waals surface area contributed by atoms with Crippen LogP contribution in [0, 0.1) is 0 Å². The molecule has 0 fully saturated rings. The minimum absolute atomic E-state index is 0.179. The predicted molar refractivity (Wildman–Crippen MR) is 128 cm³/mol. The van der Waals surface area contributed by atoms with Crippen LogP contribution in [0.5, 0.6) is 11.5 Å². The van der Waals surface area contributed by atoms with Gasteiger partial charge in [-0.2, -0.15) is 5.10 Å². The molecule has 0 aliphatic heterocycles. The topological polar surface area (TPSA) is 92.0 Å². The summed E-state index contributed by atoms with van der Waals surface area (Å²) in [4.78, 5) is 12.2. The van der Waals surface area contributed by atoms with E-state index < -0.39 is 11.8 Å². The molecule has 0 aliphatic carbocycles. The SMILES string of the molecule is COc1ccc(-c2cc(C(OC)(OC)c3ccc(C(=O)O)s3)nn2-c2ccc(OC)cc2)cc1. The van der Waals surface area contributed by atoms with Crippen molar-refractivity contribution in [3.63, 3.8) is 0 Å². The van der Waals surface area contributed by atoms with Crippen molar-refractivity contribution in [2.75, 3.05) is 28.4 Å². The lowest BCUT2D eigenvalue weighted by Crippen LogP contribution is -2.32. The van der Waals surface area contributed by atoms with Crippen molar-refractivity contribution in [3.8, 4) is 28.4 Å². The number of thiophene rings is 1. The number of carbonyl (C=O) groups is 1. The van der Waals surface area contributed by atoms with Gasteiger partial charge in [0.25, 0.3) is 5.79 Å². The standard InChI is InChI=1S/C25H24N2O6S/c1-30-18-9-5-16(6-10-18)20-15-22(26-27(20)17-7-11-19(31-2)12-8-17)25(32-3,33-4)23-14-13-21(34-23)24(28)29/h5-15H,1-4H3,(H,28,29). The van der Waals surface area contributed by atoms with E-state index in [1.807, 2.05) is 54.6 Å². The Kier molecular flexibility index (Phi) is 6.69. The highest BCUT2D eigenvalue weighted by molar-refractivity contribution is 7.14. The molecule has 2 aromatic carbocycles. The first-order valence-electron chi connectivity index (χ1n) is 10.3. The maximum atomic E-state index is 11.5. The van der Waals surface area contributed by atoms with Crippen LogP contribution in [-0.2, 0) is 15.3 Å². The van der Waals surface area contributed by atoms with E-state index in [9.17, 15) is 9.90 Å². The molecule has 0 aliphatic rings. The van der Waals surface area contributed by atoms with Crippen LogP contribution in [0.15, 0.2) is 66.7 Å². The molecule has 34 heavy (non-hydrogen) atoms. The van der Waals surface area contributed by atoms with Crippen molar-refractivity contribution in [3.05, 3.63) is 82.2 Å². The molecule has 2 heterocycles. The van der Waals surface area contributed by atoms with Crippen LogP contribution in [0.2, 0.25) is 0 Å². The van der Waals surface area contributed by atoms with Gasteiger partial charge in [-0.15, -0.1) is 11.3 Å². The first-order valence-corrected chi connectivity index (χ1v) is 11.1. The molecule has 0 atom stereocenters. The Morgan fingerprint density at radius 3 is 1.97 bits per heavy atom. The average molecular weight is 481 g/mol. The number of hydrogen-bond donors (Lipinski definition) is 1. The number of carboxylic acid groups (broad SMARTS) is 1. The van der Waals surface area contributed by atoms with E-state index in [4.69, 9.17) is 24.0 Å². The third kappa shape index (κ3) is 4.16. The lowest BCUT2D eigenvalue weighted by Gasteiger charge is -2.27. The first kappa shape index (κ1) is 23.5. The maximum absolute atomic E-state index is 11.5. The average Bonchev–Trinajstić information content (AvgIpc) is 3.55. The fraction of sp³-hybridized carbons (Fsp3) is 0.200. The lowest BCUT2D eigenvalue weighted by molar-refractivity contribution is -0.184. The van der Waals surface area contributed by atoms with Crippen molar-refractivity contribution in [2.45, 2.75) is 5.79 Å². The van der Waals surface area contributed by atoms with E-state index >= 15 is 0 Å². The third-order valence-electron chi connectivity index (χ3n) is 5.47. The normalized spacial score (nSPS) is 11.4. The third-order valence-corrected chi connectivity index (χ3v) is 6.62. The summed E-state index contributed by atoms with van der Waals surface area (Å²) in [5.41, 5.74) is 2.96. The van der Waals surface area contributed by atoms with Gasteiger partial charge in [0.1, 0.15) is 22.1 Å². The summed E-state index contributed by atoms with van der Waals surface area (Å²) in [7, 11) is 6.24. The molecule has 9 heteroatoms. The Hall–Kier alpha value is -3.66. The molecule has 0 saturated carbocycles. The van der Waals surface area contributed by atoms with E-state index in [1.165, 1.54) is 20.3 Å². The van der Waals surface area contributed by atoms with Gasteiger partial charge in [0.15, 0.2) is 0 Å². The largest absolute Gasteiger partial charge is 0.497 e. The highest BCUT2D eigenvalue weighted by Gasteiger charge is 2.40. The summed E-state index contributed by atoms with van der Waals surface area (Å²) in [5.74, 6) is -0.940. The summed E-state index contributed by atoms with van der Waals surface area (Å²) in [5, 5.41) is 14.3. The fourth-order valence-electron chi connectivity index (χ4n) is 3.68. The highest BCUT2D eigenvalue weighted by atomic mass is 32.1. The molecule has 0 bridgehead atoms. The van der Waals surface area contributed by atoms with Gasteiger partial charge in [-0.05, 0) is 66.7 Å². The van der Waals surface area contributed by atoms with E-state index in [1.54, 1.807) is 25.0 Å². The number of hydrogen-bond acceptors (Lipinski definition) is 7. The Morgan fingerprint density at radius 2 is 1.47 bits per heavy atom. The van der Waals surface area contributed by atoms with E-state index in [2.05, 4.69) is 0 Å². The second kappa shape index (κ2) is 9.68. The van der Waals surface area contributed by atoms with E-state index in [-0.39, 0.29) is 4.88 Å². The molecule has 2 aromatic heterocycles. The molecule has 8 nitrogen and oxygen atoms in total. The zero-order valence-electron chi connectivity index (χ0n) is 19.1. The molecule has 0 radical (unpaired) electrons. The van der Waals surface area contributed by atoms with E-state index in [0.717, 1.165) is 39.8 Å². The Bertz CT molecular complexity index is 1210. The number of ether oxygens (including phenoxy) is 4. The van der Waals surface area contributed by atoms with E-state index in [0.29, 0.717) is 10.6 Å². The Balaban J connectivity index is 1.90. The summed E-state index contributed by atoms with van der Waals surface area (Å²) in [6.45, 7) is 0. The van der Waals surface area contributed by atoms with Gasteiger partial charge in [-0.25, -0.2) is 9.48 Å². The molecular formula is C25H24N2O6S. The van der Waals surface area contributed by atoms with Gasteiger partial charge in [0, 0.05) is 19.8 Å². The minimum Gasteiger partial charge on any atom is -0.497 e. The van der Waals surface area contributed by atoms with Gasteiger partial charge >= 0.3 is 5.97 Å². The number of aromatic carboxylic acids is 1. The zero-order chi connectivity index (χ0) is 24.3. The number of aromatic nitrogens is 2. The van der Waals surface area contributed by atoms with Crippen LogP contribution in [0.3, 0.4) is 0 Å².